The number of nitrogens with one attached hydrogen (secondary N) is 1. The third-order valence-electron chi connectivity index (χ3n) is 4.54. The number of nitrogens with zero attached hydrogens (tertiary/aromatic N) is 1. The molecule has 0 aliphatic rings. The normalized spacial score (nSPS) is 12.7. The molecule has 0 saturated heterocycles. The molecule has 2 aromatic heterocycles. The van der Waals surface area contributed by atoms with Gasteiger partial charge in [-0.05, 0) is 49.2 Å². The molecule has 3 aromatic rings. The van der Waals surface area contributed by atoms with Crippen LogP contribution in [-0.2, 0) is 11.2 Å². The van der Waals surface area contributed by atoms with Crippen molar-refractivity contribution in [2.75, 3.05) is 0 Å². The highest BCUT2D eigenvalue weighted by molar-refractivity contribution is 6.12. The number of carboxylic acid groups (broad SMARTS) is 1. The van der Waals surface area contributed by atoms with Crippen molar-refractivity contribution in [1.29, 1.82) is 0 Å². The number of H-pyrrole nitrogens is 1. The Balaban J connectivity index is 2.18. The molecule has 0 saturated carbocycles. The van der Waals surface area contributed by atoms with Crippen molar-refractivity contribution in [3.63, 3.8) is 0 Å². The first-order chi connectivity index (χ1) is 13.6. The van der Waals surface area contributed by atoms with Gasteiger partial charge in [0.25, 0.3) is 0 Å². The molecule has 6 nitrogen and oxygen atoms in total. The van der Waals surface area contributed by atoms with Gasteiger partial charge in [0.2, 0.25) is 5.78 Å². The number of ketones is 1. The number of hydrogen-bond donors (Lipinski definition) is 2. The molecule has 0 radical (unpaired) electrons. The van der Waals surface area contributed by atoms with Crippen molar-refractivity contribution in [2.24, 2.45) is 0 Å². The Morgan fingerprint density at radius 2 is 1.97 bits per heavy atom. The van der Waals surface area contributed by atoms with Gasteiger partial charge >= 0.3 is 12.3 Å². The second-order valence-electron chi connectivity index (χ2n) is 6.46. The number of hydrogen-bond acceptors (Lipinski definition) is 4. The molecule has 0 amide bonds. The number of benzene rings is 1. The molecule has 0 aliphatic carbocycles. The van der Waals surface area contributed by atoms with Gasteiger partial charge in [-0.2, -0.15) is 0 Å². The molecule has 1 unspecified atom stereocenters. The topological polar surface area (TPSA) is 92.3 Å². The van der Waals surface area contributed by atoms with Crippen molar-refractivity contribution >= 4 is 22.7 Å². The second-order valence-corrected chi connectivity index (χ2v) is 6.46. The monoisotopic (exact) mass is 406 g/mol. The first-order valence-corrected chi connectivity index (χ1v) is 8.74. The Morgan fingerprint density at radius 1 is 1.24 bits per heavy atom. The Hall–Kier alpha value is -3.36. The highest BCUT2D eigenvalue weighted by Crippen LogP contribution is 2.34. The van der Waals surface area contributed by atoms with E-state index in [1.54, 1.807) is 12.1 Å². The van der Waals surface area contributed by atoms with Crippen LogP contribution in [0.25, 0.3) is 10.9 Å². The first kappa shape index (κ1) is 20.4. The number of alkyl halides is 3. The minimum absolute atomic E-state index is 0.0280. The van der Waals surface area contributed by atoms with Gasteiger partial charge in [-0.25, -0.2) is 0 Å². The summed E-state index contributed by atoms with van der Waals surface area (Å²) in [7, 11) is 0. The molecule has 0 spiro atoms. The number of aliphatic carboxylic acids is 1. The van der Waals surface area contributed by atoms with E-state index in [0.29, 0.717) is 11.9 Å². The maximum absolute atomic E-state index is 13.0. The lowest BCUT2D eigenvalue weighted by Crippen LogP contribution is -2.17. The Kier molecular flexibility index (Phi) is 5.32. The Labute approximate surface area is 163 Å². The fraction of sp³-hybridized carbons (Fsp3) is 0.250. The van der Waals surface area contributed by atoms with Crippen LogP contribution in [0.1, 0.15) is 47.1 Å². The molecule has 0 fully saturated rings. The third-order valence-corrected chi connectivity index (χ3v) is 4.54. The number of aryl methyl sites for hydroxylation is 1. The smallest absolute Gasteiger partial charge is 0.481 e. The van der Waals surface area contributed by atoms with Crippen LogP contribution in [0.4, 0.5) is 13.2 Å². The van der Waals surface area contributed by atoms with Gasteiger partial charge in [0.15, 0.2) is 0 Å². The molecule has 9 heteroatoms. The standard InChI is InChI=1S/C20H17F3N2O4/c1-3-11-6-7-24-15(8-11)18(26)17-16(10(2)19(27)28)13-9-12(29-20(21,22)23)4-5-14(13)25-17/h4-10,25H,3H2,1-2H3,(H,27,28). The first-order valence-electron chi connectivity index (χ1n) is 8.74. The molecule has 29 heavy (non-hydrogen) atoms. The predicted octanol–water partition coefficient (Wildman–Crippen LogP) is 4.44. The van der Waals surface area contributed by atoms with E-state index in [-0.39, 0.29) is 22.3 Å². The average molecular weight is 406 g/mol. The quantitative estimate of drug-likeness (QED) is 0.591. The van der Waals surface area contributed by atoms with E-state index >= 15 is 0 Å². The molecule has 3 rings (SSSR count). The molecular formula is C20H17F3N2O4. The zero-order valence-corrected chi connectivity index (χ0v) is 15.5. The second kappa shape index (κ2) is 7.57. The van der Waals surface area contributed by atoms with E-state index in [4.69, 9.17) is 0 Å². The molecule has 0 bridgehead atoms. The van der Waals surface area contributed by atoms with E-state index in [1.165, 1.54) is 19.2 Å². The van der Waals surface area contributed by atoms with Crippen molar-refractivity contribution in [3.8, 4) is 5.75 Å². The summed E-state index contributed by atoms with van der Waals surface area (Å²) < 4.78 is 41.6. The fourth-order valence-electron chi connectivity index (χ4n) is 3.09. The molecule has 1 atom stereocenters. The summed E-state index contributed by atoms with van der Waals surface area (Å²) in [6.45, 7) is 3.27. The predicted molar refractivity (Wildman–Crippen MR) is 98.1 cm³/mol. The van der Waals surface area contributed by atoms with Gasteiger partial charge in [0.05, 0.1) is 11.6 Å². The summed E-state index contributed by atoms with van der Waals surface area (Å²) in [5.41, 5.74) is 1.35. The highest BCUT2D eigenvalue weighted by atomic mass is 19.4. The summed E-state index contributed by atoms with van der Waals surface area (Å²) in [6, 6.07) is 6.82. The lowest BCUT2D eigenvalue weighted by Gasteiger charge is -2.11. The van der Waals surface area contributed by atoms with Crippen LogP contribution in [0.2, 0.25) is 0 Å². The van der Waals surface area contributed by atoms with Gasteiger partial charge in [0, 0.05) is 22.7 Å². The zero-order valence-electron chi connectivity index (χ0n) is 15.5. The SMILES string of the molecule is CCc1ccnc(C(=O)c2[nH]c3ccc(OC(F)(F)F)cc3c2C(C)C(=O)O)c1. The number of carbonyl (C=O) groups excluding carboxylic acids is 1. The highest BCUT2D eigenvalue weighted by Gasteiger charge is 2.32. The number of fused-ring (bicyclic) bond motifs is 1. The zero-order chi connectivity index (χ0) is 21.3. The Morgan fingerprint density at radius 3 is 2.59 bits per heavy atom. The molecular weight excluding hydrogens is 389 g/mol. The van der Waals surface area contributed by atoms with Gasteiger partial charge in [-0.3, -0.25) is 14.6 Å². The van der Waals surface area contributed by atoms with Gasteiger partial charge in [-0.1, -0.05) is 6.92 Å². The van der Waals surface area contributed by atoms with Crippen LogP contribution >= 0.6 is 0 Å². The minimum Gasteiger partial charge on any atom is -0.481 e. The van der Waals surface area contributed by atoms with Crippen molar-refractivity contribution in [1.82, 2.24) is 9.97 Å². The molecule has 152 valence electrons. The lowest BCUT2D eigenvalue weighted by molar-refractivity contribution is -0.274. The number of halogens is 3. The Bertz CT molecular complexity index is 1090. The fourth-order valence-corrected chi connectivity index (χ4v) is 3.09. The van der Waals surface area contributed by atoms with Crippen LogP contribution in [-0.4, -0.2) is 33.2 Å². The van der Waals surface area contributed by atoms with Crippen molar-refractivity contribution < 1.29 is 32.6 Å². The number of aromatic amines is 1. The van der Waals surface area contributed by atoms with E-state index in [0.717, 1.165) is 17.7 Å². The van der Waals surface area contributed by atoms with E-state index in [9.17, 15) is 27.9 Å². The lowest BCUT2D eigenvalue weighted by atomic mass is 9.95. The van der Waals surface area contributed by atoms with E-state index in [1.807, 2.05) is 6.92 Å². The molecule has 2 heterocycles. The number of carboxylic acids is 1. The number of aromatic nitrogens is 2. The summed E-state index contributed by atoms with van der Waals surface area (Å²) >= 11 is 0. The number of pyridine rings is 1. The van der Waals surface area contributed by atoms with Crippen LogP contribution in [0, 0.1) is 0 Å². The number of carbonyl (C=O) groups is 2. The van der Waals surface area contributed by atoms with Gasteiger partial charge in [0.1, 0.15) is 11.4 Å². The maximum Gasteiger partial charge on any atom is 0.573 e. The number of ether oxygens (including phenoxy) is 1. The van der Waals surface area contributed by atoms with Crippen molar-refractivity contribution in [2.45, 2.75) is 32.5 Å². The van der Waals surface area contributed by atoms with Crippen LogP contribution < -0.4 is 4.74 Å². The van der Waals surface area contributed by atoms with Crippen LogP contribution in [0.3, 0.4) is 0 Å². The largest absolute Gasteiger partial charge is 0.573 e. The average Bonchev–Trinajstić information content (AvgIpc) is 3.04. The van der Waals surface area contributed by atoms with Gasteiger partial charge < -0.3 is 14.8 Å². The summed E-state index contributed by atoms with van der Waals surface area (Å²) in [4.78, 5) is 31.6. The molecule has 1 aromatic carbocycles. The van der Waals surface area contributed by atoms with Crippen LogP contribution in [0.15, 0.2) is 36.5 Å². The molecule has 2 N–H and O–H groups in total. The minimum atomic E-state index is -4.90. The third kappa shape index (κ3) is 4.23. The summed E-state index contributed by atoms with van der Waals surface area (Å²) in [5.74, 6) is -3.43. The van der Waals surface area contributed by atoms with E-state index in [2.05, 4.69) is 14.7 Å². The molecule has 0 aliphatic heterocycles. The van der Waals surface area contributed by atoms with Crippen molar-refractivity contribution in [3.05, 3.63) is 59.0 Å². The summed E-state index contributed by atoms with van der Waals surface area (Å²) in [6.07, 6.45) is -2.75. The maximum atomic E-state index is 13.0. The van der Waals surface area contributed by atoms with Gasteiger partial charge in [-0.15, -0.1) is 13.2 Å². The number of rotatable bonds is 6. The van der Waals surface area contributed by atoms with Crippen LogP contribution in [0.5, 0.6) is 5.75 Å². The van der Waals surface area contributed by atoms with E-state index < -0.39 is 29.8 Å². The summed E-state index contributed by atoms with van der Waals surface area (Å²) in [5, 5.41) is 9.64.